The Morgan fingerprint density at radius 3 is 2.39 bits per heavy atom. The Kier molecular flexibility index (Phi) is 7.39. The molecule has 1 atom stereocenters. The number of amides is 2. The van der Waals surface area contributed by atoms with Crippen molar-refractivity contribution in [3.05, 3.63) is 96.1 Å². The SMILES string of the molecule is CCC(Sc1cccc(NC(=O)c2cccc3cccc(C(=O)O)c23)c1)C(=O)Nc1nc2ccccc2s1. The van der Waals surface area contributed by atoms with Crippen molar-refractivity contribution in [3.63, 3.8) is 0 Å². The average Bonchev–Trinajstić information content (AvgIpc) is 3.33. The number of carbonyl (C=O) groups is 3. The van der Waals surface area contributed by atoms with Crippen molar-refractivity contribution in [2.24, 2.45) is 0 Å². The van der Waals surface area contributed by atoms with Crippen LogP contribution in [0.25, 0.3) is 21.0 Å². The topological polar surface area (TPSA) is 108 Å². The summed E-state index contributed by atoms with van der Waals surface area (Å²) in [4.78, 5) is 43.3. The number of nitrogens with one attached hydrogen (secondary N) is 2. The molecule has 0 aliphatic heterocycles. The molecule has 0 bridgehead atoms. The van der Waals surface area contributed by atoms with E-state index in [2.05, 4.69) is 15.6 Å². The van der Waals surface area contributed by atoms with Gasteiger partial charge in [0.25, 0.3) is 5.91 Å². The summed E-state index contributed by atoms with van der Waals surface area (Å²) in [6.07, 6.45) is 0.603. The minimum atomic E-state index is -1.09. The number of carboxylic acid groups (broad SMARTS) is 1. The summed E-state index contributed by atoms with van der Waals surface area (Å²) in [5.74, 6) is -1.64. The number of nitrogens with zero attached hydrogens (tertiary/aromatic N) is 1. The van der Waals surface area contributed by atoms with E-state index in [0.717, 1.165) is 15.1 Å². The first-order chi connectivity index (χ1) is 18.4. The van der Waals surface area contributed by atoms with E-state index in [4.69, 9.17) is 0 Å². The molecule has 0 saturated heterocycles. The van der Waals surface area contributed by atoms with E-state index in [0.29, 0.717) is 28.0 Å². The number of carbonyl (C=O) groups excluding carboxylic acids is 2. The standard InChI is InChI=1S/C29H23N3O4S2/c1-2-23(27(34)32-29-31-22-14-3-4-15-24(22)38-29)37-19-11-7-10-18(16-19)30-26(33)20-12-5-8-17-9-6-13-21(25(17)20)28(35)36/h3-16,23H,2H2,1H3,(H,30,33)(H,35,36)(H,31,32,34). The first-order valence-corrected chi connectivity index (χ1v) is 13.6. The highest BCUT2D eigenvalue weighted by Crippen LogP contribution is 2.31. The zero-order valence-electron chi connectivity index (χ0n) is 20.3. The molecule has 38 heavy (non-hydrogen) atoms. The van der Waals surface area contributed by atoms with Gasteiger partial charge in [-0.05, 0) is 54.3 Å². The van der Waals surface area contributed by atoms with Crippen LogP contribution >= 0.6 is 23.1 Å². The molecule has 0 aliphatic rings. The average molecular weight is 542 g/mol. The quantitative estimate of drug-likeness (QED) is 0.184. The minimum Gasteiger partial charge on any atom is -0.478 e. The number of thioether (sulfide) groups is 1. The molecule has 5 aromatic rings. The predicted octanol–water partition coefficient (Wildman–Crippen LogP) is 6.91. The molecule has 3 N–H and O–H groups in total. The smallest absolute Gasteiger partial charge is 0.336 e. The maximum Gasteiger partial charge on any atom is 0.336 e. The van der Waals surface area contributed by atoms with Gasteiger partial charge in [-0.1, -0.05) is 60.7 Å². The molecule has 9 heteroatoms. The fourth-order valence-electron chi connectivity index (χ4n) is 4.15. The van der Waals surface area contributed by atoms with E-state index in [-0.39, 0.29) is 22.3 Å². The number of para-hydroxylation sites is 1. The van der Waals surface area contributed by atoms with Crippen LogP contribution in [0.4, 0.5) is 10.8 Å². The van der Waals surface area contributed by atoms with Crippen molar-refractivity contribution in [3.8, 4) is 0 Å². The van der Waals surface area contributed by atoms with Crippen LogP contribution in [0.5, 0.6) is 0 Å². The second-order valence-electron chi connectivity index (χ2n) is 8.49. The van der Waals surface area contributed by atoms with Crippen LogP contribution in [0.3, 0.4) is 0 Å². The van der Waals surface area contributed by atoms with Crippen molar-refractivity contribution >= 4 is 72.7 Å². The zero-order chi connectivity index (χ0) is 26.6. The van der Waals surface area contributed by atoms with Crippen molar-refractivity contribution in [1.29, 1.82) is 0 Å². The van der Waals surface area contributed by atoms with Gasteiger partial charge in [-0.15, -0.1) is 11.8 Å². The van der Waals surface area contributed by atoms with Gasteiger partial charge in [-0.3, -0.25) is 9.59 Å². The number of rotatable bonds is 8. The summed E-state index contributed by atoms with van der Waals surface area (Å²) in [6, 6.07) is 25.0. The molecule has 5 rings (SSSR count). The molecule has 2 amide bonds. The Morgan fingerprint density at radius 2 is 1.66 bits per heavy atom. The van der Waals surface area contributed by atoms with Crippen molar-refractivity contribution in [2.45, 2.75) is 23.5 Å². The van der Waals surface area contributed by atoms with Crippen LogP contribution in [0.1, 0.15) is 34.1 Å². The van der Waals surface area contributed by atoms with Crippen LogP contribution in [-0.4, -0.2) is 33.1 Å². The molecule has 4 aromatic carbocycles. The van der Waals surface area contributed by atoms with Crippen LogP contribution in [-0.2, 0) is 4.79 Å². The van der Waals surface area contributed by atoms with Gasteiger partial charge < -0.3 is 15.7 Å². The maximum atomic E-state index is 13.2. The van der Waals surface area contributed by atoms with E-state index in [1.54, 1.807) is 42.5 Å². The van der Waals surface area contributed by atoms with Gasteiger partial charge in [0, 0.05) is 21.5 Å². The summed E-state index contributed by atoms with van der Waals surface area (Å²) >= 11 is 2.84. The fraction of sp³-hybridized carbons (Fsp3) is 0.103. The highest BCUT2D eigenvalue weighted by molar-refractivity contribution is 8.00. The molecule has 1 aromatic heterocycles. The van der Waals surface area contributed by atoms with Gasteiger partial charge in [0.15, 0.2) is 5.13 Å². The molecule has 190 valence electrons. The van der Waals surface area contributed by atoms with Crippen molar-refractivity contribution in [1.82, 2.24) is 4.98 Å². The number of hydrogen-bond donors (Lipinski definition) is 3. The Labute approximate surface area is 226 Å². The lowest BCUT2D eigenvalue weighted by atomic mass is 9.98. The molecule has 0 spiro atoms. The van der Waals surface area contributed by atoms with Gasteiger partial charge in [0.2, 0.25) is 5.91 Å². The van der Waals surface area contributed by atoms with E-state index >= 15 is 0 Å². The van der Waals surface area contributed by atoms with E-state index in [9.17, 15) is 19.5 Å². The number of carboxylic acids is 1. The van der Waals surface area contributed by atoms with Gasteiger partial charge in [0.05, 0.1) is 21.0 Å². The van der Waals surface area contributed by atoms with Crippen LogP contribution < -0.4 is 10.6 Å². The van der Waals surface area contributed by atoms with Crippen LogP contribution in [0.2, 0.25) is 0 Å². The molecular weight excluding hydrogens is 518 g/mol. The fourth-order valence-corrected chi connectivity index (χ4v) is 6.03. The lowest BCUT2D eigenvalue weighted by Gasteiger charge is -2.15. The third-order valence-electron chi connectivity index (χ3n) is 5.94. The Balaban J connectivity index is 1.32. The molecule has 7 nitrogen and oxygen atoms in total. The molecule has 0 fully saturated rings. The van der Waals surface area contributed by atoms with Crippen LogP contribution in [0, 0.1) is 0 Å². The maximum absolute atomic E-state index is 13.2. The summed E-state index contributed by atoms with van der Waals surface area (Å²) < 4.78 is 1.01. The Hall–Kier alpha value is -4.21. The number of aromatic carboxylic acids is 1. The molecular formula is C29H23N3O4S2. The molecule has 1 unspecified atom stereocenters. The summed E-state index contributed by atoms with van der Waals surface area (Å²) in [5.41, 5.74) is 1.74. The lowest BCUT2D eigenvalue weighted by molar-refractivity contribution is -0.115. The minimum absolute atomic E-state index is 0.0717. The largest absolute Gasteiger partial charge is 0.478 e. The van der Waals surface area contributed by atoms with Crippen molar-refractivity contribution < 1.29 is 19.5 Å². The summed E-state index contributed by atoms with van der Waals surface area (Å²) in [5, 5.41) is 16.7. The van der Waals surface area contributed by atoms with Crippen molar-refractivity contribution in [2.75, 3.05) is 10.6 Å². The van der Waals surface area contributed by atoms with E-state index in [1.165, 1.54) is 29.2 Å². The number of hydrogen-bond acceptors (Lipinski definition) is 6. The monoisotopic (exact) mass is 541 g/mol. The van der Waals surface area contributed by atoms with Gasteiger partial charge >= 0.3 is 5.97 Å². The molecule has 0 radical (unpaired) electrons. The summed E-state index contributed by atoms with van der Waals surface area (Å²) in [6.45, 7) is 1.95. The number of aromatic nitrogens is 1. The van der Waals surface area contributed by atoms with E-state index in [1.807, 2.05) is 43.3 Å². The van der Waals surface area contributed by atoms with Gasteiger partial charge in [0.1, 0.15) is 0 Å². The first-order valence-electron chi connectivity index (χ1n) is 11.9. The molecule has 0 aliphatic carbocycles. The summed E-state index contributed by atoms with van der Waals surface area (Å²) in [7, 11) is 0. The Bertz CT molecular complexity index is 1640. The number of benzene rings is 4. The third kappa shape index (κ3) is 5.39. The third-order valence-corrected chi connectivity index (χ3v) is 8.25. The lowest BCUT2D eigenvalue weighted by Crippen LogP contribution is -2.24. The first kappa shape index (κ1) is 25.4. The number of anilines is 2. The van der Waals surface area contributed by atoms with Crippen LogP contribution in [0.15, 0.2) is 89.8 Å². The number of thiazole rings is 1. The zero-order valence-corrected chi connectivity index (χ0v) is 21.9. The van der Waals surface area contributed by atoms with Gasteiger partial charge in [-0.25, -0.2) is 9.78 Å². The second-order valence-corrected chi connectivity index (χ2v) is 10.8. The number of fused-ring (bicyclic) bond motifs is 2. The highest BCUT2D eigenvalue weighted by atomic mass is 32.2. The molecule has 1 heterocycles. The Morgan fingerprint density at radius 1 is 0.921 bits per heavy atom. The molecule has 0 saturated carbocycles. The normalized spacial score (nSPS) is 11.8. The van der Waals surface area contributed by atoms with E-state index < -0.39 is 11.9 Å². The second kappa shape index (κ2) is 11.0. The highest BCUT2D eigenvalue weighted by Gasteiger charge is 2.21. The predicted molar refractivity (Wildman–Crippen MR) is 153 cm³/mol. The van der Waals surface area contributed by atoms with Gasteiger partial charge in [-0.2, -0.15) is 0 Å².